The molecule has 0 saturated carbocycles. The van der Waals surface area contributed by atoms with Crippen LogP contribution in [0, 0.1) is 0 Å². The first kappa shape index (κ1) is 9.76. The second-order valence-corrected chi connectivity index (χ2v) is 4.57. The maximum atomic E-state index is 5.44. The SMILES string of the molecule is NCc1ccc(-c2cc(Br)cs2)nn1. The molecule has 2 rings (SSSR count). The van der Waals surface area contributed by atoms with Crippen LogP contribution in [0.3, 0.4) is 0 Å². The average Bonchev–Trinajstić information content (AvgIpc) is 2.65. The third kappa shape index (κ3) is 2.00. The van der Waals surface area contributed by atoms with E-state index >= 15 is 0 Å². The summed E-state index contributed by atoms with van der Waals surface area (Å²) in [6, 6.07) is 5.86. The van der Waals surface area contributed by atoms with E-state index in [-0.39, 0.29) is 0 Å². The second-order valence-electron chi connectivity index (χ2n) is 2.74. The molecule has 2 aromatic rings. The minimum absolute atomic E-state index is 0.432. The number of rotatable bonds is 2. The number of hydrogen-bond donors (Lipinski definition) is 1. The van der Waals surface area contributed by atoms with Gasteiger partial charge in [-0.15, -0.1) is 16.4 Å². The highest BCUT2D eigenvalue weighted by Gasteiger charge is 2.03. The molecule has 3 nitrogen and oxygen atoms in total. The molecular weight excluding hydrogens is 262 g/mol. The van der Waals surface area contributed by atoms with Crippen LogP contribution in [0.15, 0.2) is 28.1 Å². The molecule has 2 N–H and O–H groups in total. The van der Waals surface area contributed by atoms with Gasteiger partial charge in [0.25, 0.3) is 0 Å². The highest BCUT2D eigenvalue weighted by atomic mass is 79.9. The van der Waals surface area contributed by atoms with E-state index in [1.165, 1.54) is 0 Å². The van der Waals surface area contributed by atoms with Crippen molar-refractivity contribution < 1.29 is 0 Å². The van der Waals surface area contributed by atoms with Crippen LogP contribution in [0.4, 0.5) is 0 Å². The predicted octanol–water partition coefficient (Wildman–Crippen LogP) is 2.43. The van der Waals surface area contributed by atoms with E-state index in [1.807, 2.05) is 23.6 Å². The number of aromatic nitrogens is 2. The molecule has 14 heavy (non-hydrogen) atoms. The minimum Gasteiger partial charge on any atom is -0.325 e. The predicted molar refractivity (Wildman–Crippen MR) is 60.9 cm³/mol. The van der Waals surface area contributed by atoms with Crippen LogP contribution in [-0.2, 0) is 6.54 Å². The Morgan fingerprint density at radius 1 is 1.36 bits per heavy atom. The van der Waals surface area contributed by atoms with Gasteiger partial charge < -0.3 is 5.73 Å². The Morgan fingerprint density at radius 2 is 2.21 bits per heavy atom. The summed E-state index contributed by atoms with van der Waals surface area (Å²) in [4.78, 5) is 1.10. The lowest BCUT2D eigenvalue weighted by atomic mass is 10.3. The van der Waals surface area contributed by atoms with Crippen LogP contribution < -0.4 is 5.73 Å². The standard InChI is InChI=1S/C9H8BrN3S/c10-6-3-9(14-5-6)8-2-1-7(4-11)12-13-8/h1-3,5H,4,11H2. The van der Waals surface area contributed by atoms with Gasteiger partial charge in [0.15, 0.2) is 0 Å². The van der Waals surface area contributed by atoms with E-state index in [2.05, 4.69) is 26.1 Å². The average molecular weight is 270 g/mol. The van der Waals surface area contributed by atoms with Crippen molar-refractivity contribution in [2.75, 3.05) is 0 Å². The van der Waals surface area contributed by atoms with Crippen LogP contribution in [0.25, 0.3) is 10.6 Å². The molecule has 0 aliphatic rings. The zero-order valence-electron chi connectivity index (χ0n) is 7.27. The number of nitrogens with zero attached hydrogens (tertiary/aromatic N) is 2. The Morgan fingerprint density at radius 3 is 2.71 bits per heavy atom. The van der Waals surface area contributed by atoms with Crippen molar-refractivity contribution in [3.63, 3.8) is 0 Å². The molecule has 0 unspecified atom stereocenters. The Kier molecular flexibility index (Phi) is 2.90. The van der Waals surface area contributed by atoms with Crippen molar-refractivity contribution in [3.05, 3.63) is 33.7 Å². The largest absolute Gasteiger partial charge is 0.325 e. The molecule has 0 atom stereocenters. The molecular formula is C9H8BrN3S. The molecule has 0 aliphatic heterocycles. The molecule has 0 saturated heterocycles. The first-order valence-electron chi connectivity index (χ1n) is 4.06. The maximum absolute atomic E-state index is 5.44. The Bertz CT molecular complexity index is 424. The van der Waals surface area contributed by atoms with Gasteiger partial charge >= 0.3 is 0 Å². The Labute approximate surface area is 94.1 Å². The number of halogens is 1. The third-order valence-electron chi connectivity index (χ3n) is 1.75. The molecule has 5 heteroatoms. The van der Waals surface area contributed by atoms with Crippen molar-refractivity contribution in [2.45, 2.75) is 6.54 Å². The Hall–Kier alpha value is -0.780. The van der Waals surface area contributed by atoms with Crippen LogP contribution in [0.1, 0.15) is 5.69 Å². The fourth-order valence-electron chi connectivity index (χ4n) is 1.05. The van der Waals surface area contributed by atoms with Gasteiger partial charge in [0.2, 0.25) is 0 Å². The van der Waals surface area contributed by atoms with Gasteiger partial charge in [0, 0.05) is 16.4 Å². The molecule has 0 aliphatic carbocycles. The molecule has 0 amide bonds. The molecule has 0 aromatic carbocycles. The minimum atomic E-state index is 0.432. The molecule has 2 heterocycles. The number of hydrogen-bond acceptors (Lipinski definition) is 4. The van der Waals surface area contributed by atoms with Crippen LogP contribution in [0.2, 0.25) is 0 Å². The van der Waals surface area contributed by atoms with Crippen LogP contribution in [0.5, 0.6) is 0 Å². The van der Waals surface area contributed by atoms with Crippen LogP contribution >= 0.6 is 27.3 Å². The van der Waals surface area contributed by atoms with E-state index in [0.717, 1.165) is 20.7 Å². The molecule has 0 fully saturated rings. The van der Waals surface area contributed by atoms with Crippen molar-refractivity contribution >= 4 is 27.3 Å². The zero-order valence-corrected chi connectivity index (χ0v) is 9.68. The van der Waals surface area contributed by atoms with Gasteiger partial charge in [-0.05, 0) is 34.1 Å². The monoisotopic (exact) mass is 269 g/mol. The first-order chi connectivity index (χ1) is 6.79. The summed E-state index contributed by atoms with van der Waals surface area (Å²) in [6.07, 6.45) is 0. The normalized spacial score (nSPS) is 10.4. The topological polar surface area (TPSA) is 51.8 Å². The highest BCUT2D eigenvalue weighted by molar-refractivity contribution is 9.10. The lowest BCUT2D eigenvalue weighted by molar-refractivity contribution is 0.903. The molecule has 0 bridgehead atoms. The van der Waals surface area contributed by atoms with Crippen LogP contribution in [-0.4, -0.2) is 10.2 Å². The highest BCUT2D eigenvalue weighted by Crippen LogP contribution is 2.27. The Balaban J connectivity index is 2.33. The van der Waals surface area contributed by atoms with Crippen molar-refractivity contribution in [1.29, 1.82) is 0 Å². The van der Waals surface area contributed by atoms with Crippen molar-refractivity contribution in [1.82, 2.24) is 10.2 Å². The summed E-state index contributed by atoms with van der Waals surface area (Å²) in [7, 11) is 0. The van der Waals surface area contributed by atoms with E-state index in [9.17, 15) is 0 Å². The van der Waals surface area contributed by atoms with Gasteiger partial charge in [-0.2, -0.15) is 5.10 Å². The van der Waals surface area contributed by atoms with Gasteiger partial charge in [-0.25, -0.2) is 0 Å². The van der Waals surface area contributed by atoms with E-state index in [4.69, 9.17) is 5.73 Å². The molecule has 0 spiro atoms. The maximum Gasteiger partial charge on any atom is 0.103 e. The second kappa shape index (κ2) is 4.16. The number of nitrogens with two attached hydrogens (primary N) is 1. The number of thiophene rings is 1. The summed E-state index contributed by atoms with van der Waals surface area (Å²) < 4.78 is 1.07. The smallest absolute Gasteiger partial charge is 0.103 e. The summed E-state index contributed by atoms with van der Waals surface area (Å²) in [6.45, 7) is 0.432. The zero-order chi connectivity index (χ0) is 9.97. The summed E-state index contributed by atoms with van der Waals surface area (Å²) >= 11 is 5.04. The summed E-state index contributed by atoms with van der Waals surface area (Å²) in [5, 5.41) is 10.1. The first-order valence-corrected chi connectivity index (χ1v) is 5.74. The molecule has 2 aromatic heterocycles. The van der Waals surface area contributed by atoms with Gasteiger partial charge in [-0.1, -0.05) is 0 Å². The quantitative estimate of drug-likeness (QED) is 0.911. The fourth-order valence-corrected chi connectivity index (χ4v) is 2.44. The van der Waals surface area contributed by atoms with Crippen molar-refractivity contribution in [3.8, 4) is 10.6 Å². The van der Waals surface area contributed by atoms with E-state index < -0.39 is 0 Å². The van der Waals surface area contributed by atoms with Gasteiger partial charge in [0.1, 0.15) is 5.69 Å². The lowest BCUT2D eigenvalue weighted by Crippen LogP contribution is -2.00. The molecule has 0 radical (unpaired) electrons. The summed E-state index contributed by atoms with van der Waals surface area (Å²) in [5.41, 5.74) is 7.13. The van der Waals surface area contributed by atoms with Crippen molar-refractivity contribution in [2.24, 2.45) is 5.73 Å². The lowest BCUT2D eigenvalue weighted by Gasteiger charge is -1.96. The van der Waals surface area contributed by atoms with Gasteiger partial charge in [-0.3, -0.25) is 0 Å². The summed E-state index contributed by atoms with van der Waals surface area (Å²) in [5.74, 6) is 0. The van der Waals surface area contributed by atoms with Gasteiger partial charge in [0.05, 0.1) is 10.6 Å². The third-order valence-corrected chi connectivity index (χ3v) is 3.46. The van der Waals surface area contributed by atoms with E-state index in [1.54, 1.807) is 11.3 Å². The fraction of sp³-hybridized carbons (Fsp3) is 0.111. The van der Waals surface area contributed by atoms with E-state index in [0.29, 0.717) is 6.54 Å². The molecule has 72 valence electrons.